The number of nitriles is 1. The van der Waals surface area contributed by atoms with E-state index in [0.29, 0.717) is 12.1 Å². The third-order valence-electron chi connectivity index (χ3n) is 5.68. The predicted octanol–water partition coefficient (Wildman–Crippen LogP) is 2.41. The Bertz CT molecular complexity index is 941. The number of quaternary nitrogens is 1. The van der Waals surface area contributed by atoms with E-state index in [2.05, 4.69) is 29.3 Å². The minimum absolute atomic E-state index is 0.00110. The average molecular weight is 416 g/mol. The number of carbonyl (C=O) groups excluding carboxylic acids is 1. The van der Waals surface area contributed by atoms with Crippen LogP contribution in [0.2, 0.25) is 5.02 Å². The topological polar surface area (TPSA) is 60.6 Å². The maximum absolute atomic E-state index is 12.6. The summed E-state index contributed by atoms with van der Waals surface area (Å²) in [5, 5.41) is 14.0. The number of piperazine rings is 1. The number of hydrogen-bond donors (Lipinski definition) is 2. The highest BCUT2D eigenvalue weighted by molar-refractivity contribution is 7.16. The van der Waals surface area contributed by atoms with E-state index in [1.165, 1.54) is 21.0 Å². The second kappa shape index (κ2) is 8.12. The Balaban J connectivity index is 1.33. The number of aryl methyl sites for hydroxylation is 2. The molecular weight excluding hydrogens is 392 g/mol. The molecule has 0 radical (unpaired) electrons. The quantitative estimate of drug-likeness (QED) is 0.806. The fraction of sp³-hybridized carbons (Fsp3) is 0.429. The summed E-state index contributed by atoms with van der Waals surface area (Å²) >= 11 is 7.74. The standard InChI is InChI=1S/C21H23ClN4OS/c1-14-5-6-15(22)11-18(14)26-9-7-25(8-10-26)13-20(27)24-21-17(12-23)16-3-2-4-19(16)28-21/h5-6,11H,2-4,7-10,13H2,1H3,(H,24,27)/p+1. The maximum Gasteiger partial charge on any atom is 0.280 e. The van der Waals surface area contributed by atoms with Gasteiger partial charge in [0.15, 0.2) is 6.54 Å². The van der Waals surface area contributed by atoms with Gasteiger partial charge in [-0.3, -0.25) is 4.79 Å². The van der Waals surface area contributed by atoms with Gasteiger partial charge in [0.2, 0.25) is 0 Å². The summed E-state index contributed by atoms with van der Waals surface area (Å²) in [6.45, 7) is 6.16. The van der Waals surface area contributed by atoms with Gasteiger partial charge in [0, 0.05) is 15.6 Å². The van der Waals surface area contributed by atoms with Gasteiger partial charge in [0.1, 0.15) is 11.1 Å². The highest BCUT2D eigenvalue weighted by atomic mass is 35.5. The number of nitrogens with one attached hydrogen (secondary N) is 2. The van der Waals surface area contributed by atoms with Crippen LogP contribution >= 0.6 is 22.9 Å². The van der Waals surface area contributed by atoms with Crippen LogP contribution in [0.15, 0.2) is 18.2 Å². The molecule has 1 aliphatic carbocycles. The molecule has 7 heteroatoms. The van der Waals surface area contributed by atoms with E-state index in [9.17, 15) is 10.1 Å². The first-order valence-corrected chi connectivity index (χ1v) is 10.9. The van der Waals surface area contributed by atoms with Crippen LogP contribution < -0.4 is 15.1 Å². The molecule has 0 unspecified atom stereocenters. The number of amides is 1. The third-order valence-corrected chi connectivity index (χ3v) is 7.12. The Labute approximate surface area is 174 Å². The van der Waals surface area contributed by atoms with Crippen LogP contribution in [0.1, 0.15) is 28.0 Å². The lowest BCUT2D eigenvalue weighted by Crippen LogP contribution is -3.15. The number of hydrogen-bond acceptors (Lipinski definition) is 4. The number of nitrogens with zero attached hydrogens (tertiary/aromatic N) is 2. The van der Waals surface area contributed by atoms with Crippen molar-refractivity contribution in [3.8, 4) is 6.07 Å². The van der Waals surface area contributed by atoms with Crippen LogP contribution in [0.3, 0.4) is 0 Å². The van der Waals surface area contributed by atoms with E-state index in [1.54, 1.807) is 11.3 Å². The molecule has 0 bridgehead atoms. The molecule has 28 heavy (non-hydrogen) atoms. The monoisotopic (exact) mass is 415 g/mol. The van der Waals surface area contributed by atoms with E-state index in [0.717, 1.165) is 61.0 Å². The summed E-state index contributed by atoms with van der Waals surface area (Å²) in [5.74, 6) is -0.00110. The van der Waals surface area contributed by atoms with Crippen LogP contribution in [-0.4, -0.2) is 38.6 Å². The molecule has 2 aromatic rings. The van der Waals surface area contributed by atoms with Gasteiger partial charge in [0.25, 0.3) is 5.91 Å². The van der Waals surface area contributed by atoms with Gasteiger partial charge >= 0.3 is 0 Å². The van der Waals surface area contributed by atoms with E-state index in [-0.39, 0.29) is 5.91 Å². The average Bonchev–Trinajstić information content (AvgIpc) is 3.25. The van der Waals surface area contributed by atoms with Crippen molar-refractivity contribution in [3.05, 3.63) is 44.8 Å². The Kier molecular flexibility index (Phi) is 5.58. The molecule has 1 aromatic heterocycles. The number of anilines is 2. The number of rotatable bonds is 4. The van der Waals surface area contributed by atoms with E-state index >= 15 is 0 Å². The van der Waals surface area contributed by atoms with Crippen LogP contribution in [0.4, 0.5) is 10.7 Å². The number of carbonyl (C=O) groups is 1. The van der Waals surface area contributed by atoms with Crippen molar-refractivity contribution in [2.24, 2.45) is 0 Å². The molecular formula is C21H24ClN4OS+. The summed E-state index contributed by atoms with van der Waals surface area (Å²) in [6, 6.07) is 8.28. The SMILES string of the molecule is Cc1ccc(Cl)cc1N1CC[NH+](CC(=O)Nc2sc3c(c2C#N)CCC3)CC1. The largest absolute Gasteiger partial charge is 0.360 e. The first kappa shape index (κ1) is 19.3. The molecule has 0 saturated carbocycles. The van der Waals surface area contributed by atoms with Crippen molar-refractivity contribution in [1.82, 2.24) is 0 Å². The van der Waals surface area contributed by atoms with Crippen LogP contribution in [0.25, 0.3) is 0 Å². The summed E-state index contributed by atoms with van der Waals surface area (Å²) < 4.78 is 0. The predicted molar refractivity (Wildman–Crippen MR) is 114 cm³/mol. The van der Waals surface area contributed by atoms with Gasteiger partial charge in [-0.15, -0.1) is 11.3 Å². The van der Waals surface area contributed by atoms with Crippen LogP contribution in [-0.2, 0) is 17.6 Å². The summed E-state index contributed by atoms with van der Waals surface area (Å²) in [7, 11) is 0. The molecule has 146 valence electrons. The highest BCUT2D eigenvalue weighted by Crippen LogP contribution is 2.38. The smallest absolute Gasteiger partial charge is 0.280 e. The lowest BCUT2D eigenvalue weighted by Gasteiger charge is -2.34. The molecule has 2 aliphatic rings. The Morgan fingerprint density at radius 3 is 2.89 bits per heavy atom. The van der Waals surface area contributed by atoms with Crippen molar-refractivity contribution in [1.29, 1.82) is 5.26 Å². The maximum atomic E-state index is 12.6. The molecule has 1 fully saturated rings. The minimum Gasteiger partial charge on any atom is -0.360 e. The van der Waals surface area contributed by atoms with Gasteiger partial charge in [-0.05, 0) is 49.4 Å². The number of fused-ring (bicyclic) bond motifs is 1. The molecule has 2 heterocycles. The second-order valence-corrected chi connectivity index (χ2v) is 9.11. The van der Waals surface area contributed by atoms with Crippen molar-refractivity contribution >= 4 is 39.5 Å². The molecule has 4 rings (SSSR count). The number of halogens is 1. The molecule has 0 spiro atoms. The Hall–Kier alpha value is -2.07. The zero-order valence-electron chi connectivity index (χ0n) is 16.0. The lowest BCUT2D eigenvalue weighted by atomic mass is 10.1. The molecule has 1 saturated heterocycles. The fourth-order valence-electron chi connectivity index (χ4n) is 4.17. The first-order valence-electron chi connectivity index (χ1n) is 9.74. The summed E-state index contributed by atoms with van der Waals surface area (Å²) in [6.07, 6.45) is 3.10. The Morgan fingerprint density at radius 2 is 2.14 bits per heavy atom. The van der Waals surface area contributed by atoms with Crippen molar-refractivity contribution < 1.29 is 9.69 Å². The van der Waals surface area contributed by atoms with Gasteiger partial charge in [-0.25, -0.2) is 0 Å². The molecule has 5 nitrogen and oxygen atoms in total. The number of thiophene rings is 1. The van der Waals surface area contributed by atoms with Crippen LogP contribution in [0.5, 0.6) is 0 Å². The van der Waals surface area contributed by atoms with Crippen molar-refractivity contribution in [2.75, 3.05) is 42.9 Å². The van der Waals surface area contributed by atoms with Gasteiger partial charge < -0.3 is 15.1 Å². The zero-order chi connectivity index (χ0) is 19.7. The van der Waals surface area contributed by atoms with Gasteiger partial charge in [-0.2, -0.15) is 5.26 Å². The minimum atomic E-state index is -0.00110. The van der Waals surface area contributed by atoms with E-state index < -0.39 is 0 Å². The molecule has 1 aromatic carbocycles. The number of benzene rings is 1. The van der Waals surface area contributed by atoms with E-state index in [4.69, 9.17) is 11.6 Å². The normalized spacial score (nSPS) is 16.7. The first-order chi connectivity index (χ1) is 13.5. The van der Waals surface area contributed by atoms with Crippen LogP contribution in [0, 0.1) is 18.3 Å². The zero-order valence-corrected chi connectivity index (χ0v) is 17.6. The molecule has 1 amide bonds. The Morgan fingerprint density at radius 1 is 1.36 bits per heavy atom. The van der Waals surface area contributed by atoms with Crippen molar-refractivity contribution in [3.63, 3.8) is 0 Å². The van der Waals surface area contributed by atoms with Gasteiger partial charge in [0.05, 0.1) is 31.7 Å². The summed E-state index contributed by atoms with van der Waals surface area (Å²) in [5.41, 5.74) is 4.24. The summed E-state index contributed by atoms with van der Waals surface area (Å²) in [4.78, 5) is 17.5. The second-order valence-electron chi connectivity index (χ2n) is 7.57. The lowest BCUT2D eigenvalue weighted by molar-refractivity contribution is -0.892. The highest BCUT2D eigenvalue weighted by Gasteiger charge is 2.26. The molecule has 2 N–H and O–H groups in total. The molecule has 1 aliphatic heterocycles. The van der Waals surface area contributed by atoms with E-state index in [1.807, 2.05) is 12.1 Å². The van der Waals surface area contributed by atoms with Gasteiger partial charge in [-0.1, -0.05) is 17.7 Å². The molecule has 0 atom stereocenters. The van der Waals surface area contributed by atoms with Crippen molar-refractivity contribution in [2.45, 2.75) is 26.2 Å². The third kappa shape index (κ3) is 3.88. The fourth-order valence-corrected chi connectivity index (χ4v) is 5.59.